The summed E-state index contributed by atoms with van der Waals surface area (Å²) in [5, 5.41) is 9.50. The molecule has 0 atom stereocenters. The molecule has 1 aliphatic heterocycles. The Morgan fingerprint density at radius 1 is 1.26 bits per heavy atom. The van der Waals surface area contributed by atoms with Crippen LogP contribution in [0.4, 0.5) is 18.3 Å². The van der Waals surface area contributed by atoms with Crippen LogP contribution in [-0.2, 0) is 11.0 Å². The van der Waals surface area contributed by atoms with E-state index in [1.54, 1.807) is 4.90 Å². The Morgan fingerprint density at radius 3 is 2.57 bits per heavy atom. The minimum absolute atomic E-state index is 0.316. The van der Waals surface area contributed by atoms with Gasteiger partial charge in [-0.3, -0.25) is 4.79 Å². The molecule has 1 N–H and O–H groups in total. The molecule has 2 heterocycles. The smallest absolute Gasteiger partial charge is 0.387 e. The van der Waals surface area contributed by atoms with E-state index in [9.17, 15) is 18.0 Å². The van der Waals surface area contributed by atoms with Crippen LogP contribution in [0.15, 0.2) is 18.2 Å². The number of aromatic nitrogens is 1. The van der Waals surface area contributed by atoms with Gasteiger partial charge in [-0.1, -0.05) is 11.3 Å². The van der Waals surface area contributed by atoms with Crippen LogP contribution in [0.25, 0.3) is 10.2 Å². The van der Waals surface area contributed by atoms with E-state index in [1.165, 1.54) is 17.4 Å². The predicted octanol–water partition coefficient (Wildman–Crippen LogP) is 1.96. The lowest BCUT2D eigenvalue weighted by atomic mass is 10.2. The second-order valence-electron chi connectivity index (χ2n) is 5.20. The van der Waals surface area contributed by atoms with Gasteiger partial charge in [-0.25, -0.2) is 4.98 Å². The number of thiazole rings is 1. The van der Waals surface area contributed by atoms with Crippen molar-refractivity contribution in [1.82, 2.24) is 9.88 Å². The molecule has 1 amide bonds. The van der Waals surface area contributed by atoms with E-state index < -0.39 is 18.3 Å². The van der Waals surface area contributed by atoms with Crippen molar-refractivity contribution in [3.63, 3.8) is 0 Å². The molecule has 1 aliphatic rings. The van der Waals surface area contributed by atoms with Gasteiger partial charge in [0.1, 0.15) is 6.61 Å². The van der Waals surface area contributed by atoms with Crippen LogP contribution in [0.1, 0.15) is 5.56 Å². The minimum atomic E-state index is -4.38. The summed E-state index contributed by atoms with van der Waals surface area (Å²) in [5.41, 5.74) is -0.381. The number of hydrogen-bond donors (Lipinski definition) is 1. The number of aliphatic hydroxyl groups is 1. The normalized spacial score (nSPS) is 16.2. The number of benzene rings is 1. The average Bonchev–Trinajstić information content (AvgIpc) is 2.96. The fourth-order valence-electron chi connectivity index (χ4n) is 2.47. The summed E-state index contributed by atoms with van der Waals surface area (Å²) in [6.07, 6.45) is -4.38. The zero-order chi connectivity index (χ0) is 16.6. The van der Waals surface area contributed by atoms with Crippen molar-refractivity contribution >= 4 is 32.6 Å². The van der Waals surface area contributed by atoms with Gasteiger partial charge >= 0.3 is 6.18 Å². The SMILES string of the molecule is O=C(CO)N1CCN(c2nc3cc(C(F)(F)F)ccc3s2)CC1. The first-order chi connectivity index (χ1) is 10.9. The van der Waals surface area contributed by atoms with E-state index in [0.717, 1.165) is 12.1 Å². The highest BCUT2D eigenvalue weighted by molar-refractivity contribution is 7.22. The number of alkyl halides is 3. The summed E-state index contributed by atoms with van der Waals surface area (Å²) < 4.78 is 38.9. The lowest BCUT2D eigenvalue weighted by molar-refractivity contribution is -0.137. The topological polar surface area (TPSA) is 56.7 Å². The number of aliphatic hydroxyl groups excluding tert-OH is 1. The van der Waals surface area contributed by atoms with Crippen LogP contribution in [0.5, 0.6) is 0 Å². The number of fused-ring (bicyclic) bond motifs is 1. The lowest BCUT2D eigenvalue weighted by Gasteiger charge is -2.34. The number of nitrogens with zero attached hydrogens (tertiary/aromatic N) is 3. The summed E-state index contributed by atoms with van der Waals surface area (Å²) >= 11 is 1.33. The predicted molar refractivity (Wildman–Crippen MR) is 80.5 cm³/mol. The fourth-order valence-corrected chi connectivity index (χ4v) is 3.47. The third-order valence-electron chi connectivity index (χ3n) is 3.74. The molecule has 0 radical (unpaired) electrons. The van der Waals surface area contributed by atoms with E-state index in [-0.39, 0.29) is 5.91 Å². The van der Waals surface area contributed by atoms with Gasteiger partial charge in [0.15, 0.2) is 5.13 Å². The van der Waals surface area contributed by atoms with Crippen LogP contribution in [0, 0.1) is 0 Å². The molecule has 0 bridgehead atoms. The van der Waals surface area contributed by atoms with Crippen LogP contribution in [-0.4, -0.2) is 53.7 Å². The molecule has 1 aromatic carbocycles. The van der Waals surface area contributed by atoms with Crippen molar-refractivity contribution in [3.05, 3.63) is 23.8 Å². The third kappa shape index (κ3) is 3.25. The number of carbonyl (C=O) groups is 1. The first-order valence-corrected chi connectivity index (χ1v) is 7.81. The number of amides is 1. The Kier molecular flexibility index (Phi) is 4.15. The van der Waals surface area contributed by atoms with Crippen molar-refractivity contribution < 1.29 is 23.1 Å². The molecule has 9 heteroatoms. The van der Waals surface area contributed by atoms with E-state index in [4.69, 9.17) is 5.11 Å². The monoisotopic (exact) mass is 345 g/mol. The van der Waals surface area contributed by atoms with Gasteiger partial charge in [-0.15, -0.1) is 0 Å². The van der Waals surface area contributed by atoms with Gasteiger partial charge in [0, 0.05) is 26.2 Å². The second kappa shape index (κ2) is 5.97. The van der Waals surface area contributed by atoms with Crippen molar-refractivity contribution in [2.75, 3.05) is 37.7 Å². The van der Waals surface area contributed by atoms with E-state index >= 15 is 0 Å². The molecular weight excluding hydrogens is 331 g/mol. The highest BCUT2D eigenvalue weighted by Crippen LogP contribution is 2.35. The van der Waals surface area contributed by atoms with Crippen LogP contribution in [0.3, 0.4) is 0 Å². The van der Waals surface area contributed by atoms with Gasteiger partial charge in [0.25, 0.3) is 0 Å². The molecule has 3 rings (SSSR count). The summed E-state index contributed by atoms with van der Waals surface area (Å²) in [5.74, 6) is -0.316. The van der Waals surface area contributed by atoms with Crippen molar-refractivity contribution in [1.29, 1.82) is 0 Å². The van der Waals surface area contributed by atoms with E-state index in [0.29, 0.717) is 41.5 Å². The van der Waals surface area contributed by atoms with Crippen LogP contribution < -0.4 is 4.90 Å². The fraction of sp³-hybridized carbons (Fsp3) is 0.429. The van der Waals surface area contributed by atoms with E-state index in [2.05, 4.69) is 4.98 Å². The molecule has 124 valence electrons. The van der Waals surface area contributed by atoms with Gasteiger partial charge in [0.2, 0.25) is 5.91 Å². The maximum Gasteiger partial charge on any atom is 0.416 e. The summed E-state index contributed by atoms with van der Waals surface area (Å²) in [4.78, 5) is 19.2. The Labute approximate surface area is 133 Å². The van der Waals surface area contributed by atoms with Gasteiger partial charge in [-0.05, 0) is 18.2 Å². The number of carbonyl (C=O) groups excluding carboxylic acids is 1. The maximum atomic E-state index is 12.7. The highest BCUT2D eigenvalue weighted by Gasteiger charge is 2.31. The van der Waals surface area contributed by atoms with Gasteiger partial charge in [0.05, 0.1) is 15.8 Å². The molecule has 0 unspecified atom stereocenters. The summed E-state index contributed by atoms with van der Waals surface area (Å²) in [7, 11) is 0. The average molecular weight is 345 g/mol. The van der Waals surface area contributed by atoms with Crippen molar-refractivity contribution in [2.24, 2.45) is 0 Å². The first kappa shape index (κ1) is 16.0. The third-order valence-corrected chi connectivity index (χ3v) is 4.84. The summed E-state index contributed by atoms with van der Waals surface area (Å²) in [6, 6.07) is 3.55. The van der Waals surface area contributed by atoms with Gasteiger partial charge in [-0.2, -0.15) is 13.2 Å². The molecule has 5 nitrogen and oxygen atoms in total. The number of piperazine rings is 1. The van der Waals surface area contributed by atoms with Gasteiger partial charge < -0.3 is 14.9 Å². The quantitative estimate of drug-likeness (QED) is 0.904. The molecule has 1 aromatic heterocycles. The molecule has 0 spiro atoms. The van der Waals surface area contributed by atoms with Crippen molar-refractivity contribution in [3.8, 4) is 0 Å². The standard InChI is InChI=1S/C14H14F3N3O2S/c15-14(16,17)9-1-2-11-10(7-9)18-13(23-11)20-5-3-19(4-6-20)12(22)8-21/h1-2,7,21H,3-6,8H2. The molecule has 0 aliphatic carbocycles. The highest BCUT2D eigenvalue weighted by atomic mass is 32.1. The summed E-state index contributed by atoms with van der Waals surface area (Å²) in [6.45, 7) is 1.49. The number of hydrogen-bond acceptors (Lipinski definition) is 5. The molecule has 23 heavy (non-hydrogen) atoms. The lowest BCUT2D eigenvalue weighted by Crippen LogP contribution is -2.49. The zero-order valence-corrected chi connectivity index (χ0v) is 12.8. The molecule has 1 fully saturated rings. The molecule has 1 saturated heterocycles. The maximum absolute atomic E-state index is 12.7. The number of rotatable bonds is 2. The number of anilines is 1. The Bertz CT molecular complexity index is 724. The molecular formula is C14H14F3N3O2S. The van der Waals surface area contributed by atoms with Crippen LogP contribution >= 0.6 is 11.3 Å². The molecule has 0 saturated carbocycles. The first-order valence-electron chi connectivity index (χ1n) is 7.00. The van der Waals surface area contributed by atoms with Crippen molar-refractivity contribution in [2.45, 2.75) is 6.18 Å². The second-order valence-corrected chi connectivity index (χ2v) is 6.21. The zero-order valence-electron chi connectivity index (χ0n) is 12.0. The number of halogens is 3. The Morgan fingerprint density at radius 2 is 1.96 bits per heavy atom. The largest absolute Gasteiger partial charge is 0.416 e. The van der Waals surface area contributed by atoms with Crippen LogP contribution in [0.2, 0.25) is 0 Å². The Hall–Kier alpha value is -1.87. The Balaban J connectivity index is 1.78. The molecule has 2 aromatic rings. The van der Waals surface area contributed by atoms with E-state index in [1.807, 2.05) is 4.90 Å². The minimum Gasteiger partial charge on any atom is -0.387 e.